The molecule has 3 heteroatoms. The Kier molecular flexibility index (Phi) is 2.79. The van der Waals surface area contributed by atoms with E-state index in [2.05, 4.69) is 0 Å². The van der Waals surface area contributed by atoms with E-state index in [1.54, 1.807) is 12.1 Å². The van der Waals surface area contributed by atoms with E-state index in [4.69, 9.17) is 4.42 Å². The SMILES string of the molecule is Cc1oc(C)c(-c2ccc(F)cc2)c1CO. The molecule has 0 radical (unpaired) electrons. The minimum atomic E-state index is -0.271. The van der Waals surface area contributed by atoms with Crippen LogP contribution in [0, 0.1) is 19.7 Å². The van der Waals surface area contributed by atoms with Crippen LogP contribution in [0.25, 0.3) is 11.1 Å². The number of rotatable bonds is 2. The topological polar surface area (TPSA) is 33.4 Å². The van der Waals surface area contributed by atoms with Gasteiger partial charge in [-0.25, -0.2) is 4.39 Å². The Morgan fingerprint density at radius 2 is 1.75 bits per heavy atom. The summed E-state index contributed by atoms with van der Waals surface area (Å²) in [6, 6.07) is 6.17. The van der Waals surface area contributed by atoms with Crippen molar-refractivity contribution >= 4 is 0 Å². The summed E-state index contributed by atoms with van der Waals surface area (Å²) < 4.78 is 18.3. The first-order valence-corrected chi connectivity index (χ1v) is 5.09. The van der Waals surface area contributed by atoms with Gasteiger partial charge in [-0.15, -0.1) is 0 Å². The van der Waals surface area contributed by atoms with Crippen LogP contribution in [0.15, 0.2) is 28.7 Å². The molecule has 2 aromatic rings. The molecule has 1 heterocycles. The van der Waals surface area contributed by atoms with E-state index in [0.29, 0.717) is 5.76 Å². The third-order valence-electron chi connectivity index (χ3n) is 2.68. The highest BCUT2D eigenvalue weighted by Crippen LogP contribution is 2.32. The van der Waals surface area contributed by atoms with Crippen molar-refractivity contribution in [3.63, 3.8) is 0 Å². The second-order valence-corrected chi connectivity index (χ2v) is 3.73. The molecule has 2 nitrogen and oxygen atoms in total. The Morgan fingerprint density at radius 1 is 1.12 bits per heavy atom. The molecule has 1 N–H and O–H groups in total. The first kappa shape index (κ1) is 10.9. The van der Waals surface area contributed by atoms with Gasteiger partial charge in [0.25, 0.3) is 0 Å². The molecule has 0 saturated heterocycles. The fourth-order valence-electron chi connectivity index (χ4n) is 1.92. The zero-order chi connectivity index (χ0) is 11.7. The molecule has 0 saturated carbocycles. The molecular formula is C13H13FO2. The molecule has 16 heavy (non-hydrogen) atoms. The van der Waals surface area contributed by atoms with Gasteiger partial charge in [0, 0.05) is 11.1 Å². The highest BCUT2D eigenvalue weighted by molar-refractivity contribution is 5.70. The van der Waals surface area contributed by atoms with Crippen LogP contribution in [0.1, 0.15) is 17.1 Å². The summed E-state index contributed by atoms with van der Waals surface area (Å²) in [4.78, 5) is 0. The van der Waals surface area contributed by atoms with Crippen LogP contribution in [0.4, 0.5) is 4.39 Å². The van der Waals surface area contributed by atoms with Crippen molar-refractivity contribution in [1.82, 2.24) is 0 Å². The van der Waals surface area contributed by atoms with E-state index in [0.717, 1.165) is 22.5 Å². The third kappa shape index (κ3) is 1.74. The average molecular weight is 220 g/mol. The van der Waals surface area contributed by atoms with Crippen molar-refractivity contribution in [1.29, 1.82) is 0 Å². The zero-order valence-electron chi connectivity index (χ0n) is 9.25. The van der Waals surface area contributed by atoms with Crippen LogP contribution in [0.5, 0.6) is 0 Å². The summed E-state index contributed by atoms with van der Waals surface area (Å²) in [6.07, 6.45) is 0. The summed E-state index contributed by atoms with van der Waals surface area (Å²) in [5, 5.41) is 9.29. The Labute approximate surface area is 93.3 Å². The lowest BCUT2D eigenvalue weighted by molar-refractivity contribution is 0.279. The lowest BCUT2D eigenvalue weighted by Crippen LogP contribution is -1.88. The van der Waals surface area contributed by atoms with Gasteiger partial charge < -0.3 is 9.52 Å². The molecule has 0 atom stereocenters. The van der Waals surface area contributed by atoms with Crippen LogP contribution >= 0.6 is 0 Å². The van der Waals surface area contributed by atoms with Crippen molar-refractivity contribution in [2.24, 2.45) is 0 Å². The van der Waals surface area contributed by atoms with E-state index in [-0.39, 0.29) is 12.4 Å². The average Bonchev–Trinajstić information content (AvgIpc) is 2.54. The molecule has 2 rings (SSSR count). The summed E-state index contributed by atoms with van der Waals surface area (Å²) in [5.41, 5.74) is 2.49. The zero-order valence-corrected chi connectivity index (χ0v) is 9.25. The van der Waals surface area contributed by atoms with Crippen molar-refractivity contribution in [3.05, 3.63) is 47.2 Å². The summed E-state index contributed by atoms with van der Waals surface area (Å²) in [7, 11) is 0. The van der Waals surface area contributed by atoms with Gasteiger partial charge in [-0.05, 0) is 31.5 Å². The van der Waals surface area contributed by atoms with Gasteiger partial charge in [0.1, 0.15) is 17.3 Å². The molecule has 0 amide bonds. The van der Waals surface area contributed by atoms with Gasteiger partial charge in [-0.3, -0.25) is 0 Å². The standard InChI is InChI=1S/C13H13FO2/c1-8-12(7-15)13(9(2)16-8)10-3-5-11(14)6-4-10/h3-6,15H,7H2,1-2H3. The quantitative estimate of drug-likeness (QED) is 0.843. The second kappa shape index (κ2) is 4.10. The second-order valence-electron chi connectivity index (χ2n) is 3.73. The van der Waals surface area contributed by atoms with Crippen LogP contribution in [0.3, 0.4) is 0 Å². The molecule has 0 aliphatic heterocycles. The van der Waals surface area contributed by atoms with Gasteiger partial charge in [-0.2, -0.15) is 0 Å². The van der Waals surface area contributed by atoms with Crippen LogP contribution in [-0.2, 0) is 6.61 Å². The van der Waals surface area contributed by atoms with Crippen molar-refractivity contribution in [3.8, 4) is 11.1 Å². The molecule has 1 aromatic carbocycles. The Hall–Kier alpha value is -1.61. The highest BCUT2D eigenvalue weighted by Gasteiger charge is 2.15. The lowest BCUT2D eigenvalue weighted by atomic mass is 10.0. The van der Waals surface area contributed by atoms with Gasteiger partial charge in [0.15, 0.2) is 0 Å². The third-order valence-corrected chi connectivity index (χ3v) is 2.68. The molecule has 0 aliphatic rings. The molecular weight excluding hydrogens is 207 g/mol. The molecule has 0 spiro atoms. The smallest absolute Gasteiger partial charge is 0.123 e. The summed E-state index contributed by atoms with van der Waals surface area (Å²) in [6.45, 7) is 3.58. The monoisotopic (exact) mass is 220 g/mol. The van der Waals surface area contributed by atoms with E-state index >= 15 is 0 Å². The Bertz CT molecular complexity index is 497. The van der Waals surface area contributed by atoms with E-state index in [9.17, 15) is 9.50 Å². The van der Waals surface area contributed by atoms with E-state index in [1.165, 1.54) is 12.1 Å². The first-order valence-electron chi connectivity index (χ1n) is 5.09. The van der Waals surface area contributed by atoms with Crippen LogP contribution in [0.2, 0.25) is 0 Å². The number of aliphatic hydroxyl groups excluding tert-OH is 1. The van der Waals surface area contributed by atoms with Crippen molar-refractivity contribution < 1.29 is 13.9 Å². The molecule has 0 fully saturated rings. The number of hydrogen-bond acceptors (Lipinski definition) is 2. The van der Waals surface area contributed by atoms with E-state index in [1.807, 2.05) is 13.8 Å². The largest absolute Gasteiger partial charge is 0.466 e. The predicted molar refractivity (Wildman–Crippen MR) is 59.5 cm³/mol. The lowest BCUT2D eigenvalue weighted by Gasteiger charge is -2.02. The highest BCUT2D eigenvalue weighted by atomic mass is 19.1. The van der Waals surface area contributed by atoms with Crippen LogP contribution in [-0.4, -0.2) is 5.11 Å². The van der Waals surface area contributed by atoms with Crippen LogP contribution < -0.4 is 0 Å². The summed E-state index contributed by atoms with van der Waals surface area (Å²) in [5.74, 6) is 1.18. The molecule has 0 aliphatic carbocycles. The van der Waals surface area contributed by atoms with Gasteiger partial charge in [0.05, 0.1) is 6.61 Å². The van der Waals surface area contributed by atoms with Gasteiger partial charge >= 0.3 is 0 Å². The maximum Gasteiger partial charge on any atom is 0.123 e. The number of halogens is 1. The molecule has 0 bridgehead atoms. The Morgan fingerprint density at radius 3 is 2.31 bits per heavy atom. The van der Waals surface area contributed by atoms with Gasteiger partial charge in [-0.1, -0.05) is 12.1 Å². The fourth-order valence-corrected chi connectivity index (χ4v) is 1.92. The minimum Gasteiger partial charge on any atom is -0.466 e. The normalized spacial score (nSPS) is 10.8. The maximum atomic E-state index is 12.8. The maximum absolute atomic E-state index is 12.8. The van der Waals surface area contributed by atoms with Gasteiger partial charge in [0.2, 0.25) is 0 Å². The number of aliphatic hydroxyl groups is 1. The predicted octanol–water partition coefficient (Wildman–Crippen LogP) is 3.19. The van der Waals surface area contributed by atoms with E-state index < -0.39 is 0 Å². The molecule has 1 aromatic heterocycles. The van der Waals surface area contributed by atoms with Crippen molar-refractivity contribution in [2.45, 2.75) is 20.5 Å². The summed E-state index contributed by atoms with van der Waals surface area (Å²) >= 11 is 0. The van der Waals surface area contributed by atoms with Crippen molar-refractivity contribution in [2.75, 3.05) is 0 Å². The molecule has 0 unspecified atom stereocenters. The molecule has 84 valence electrons. The number of aryl methyl sites for hydroxylation is 2. The number of benzene rings is 1. The number of furan rings is 1. The Balaban J connectivity index is 2.59. The number of hydrogen-bond donors (Lipinski definition) is 1. The minimum absolute atomic E-state index is 0.0735. The fraction of sp³-hybridized carbons (Fsp3) is 0.231. The first-order chi connectivity index (χ1) is 7.63.